The highest BCUT2D eigenvalue weighted by molar-refractivity contribution is 6.39. The van der Waals surface area contributed by atoms with Crippen LogP contribution in [0, 0.1) is 0 Å². The van der Waals surface area contributed by atoms with Gasteiger partial charge in [-0.05, 0) is 49.7 Å². The van der Waals surface area contributed by atoms with E-state index in [1.807, 2.05) is 30.3 Å². The van der Waals surface area contributed by atoms with Crippen molar-refractivity contribution < 1.29 is 19.1 Å². The van der Waals surface area contributed by atoms with Crippen LogP contribution >= 0.6 is 0 Å². The highest BCUT2D eigenvalue weighted by Crippen LogP contribution is 2.26. The van der Waals surface area contributed by atoms with E-state index >= 15 is 0 Å². The van der Waals surface area contributed by atoms with E-state index in [9.17, 15) is 14.4 Å². The minimum Gasteiger partial charge on any atom is -0.495 e. The average molecular weight is 410 g/mol. The number of nitrogens with two attached hydrogens (primary N) is 1. The highest BCUT2D eigenvalue weighted by atomic mass is 16.5. The van der Waals surface area contributed by atoms with Crippen molar-refractivity contribution in [2.45, 2.75) is 18.9 Å². The number of methoxy groups -OCH3 is 1. The van der Waals surface area contributed by atoms with Crippen molar-refractivity contribution in [1.82, 2.24) is 10.2 Å². The number of carbonyl (C=O) groups is 3. The molecule has 1 fully saturated rings. The van der Waals surface area contributed by atoms with Crippen LogP contribution in [0.5, 0.6) is 5.75 Å². The van der Waals surface area contributed by atoms with E-state index in [0.29, 0.717) is 12.3 Å². The van der Waals surface area contributed by atoms with Gasteiger partial charge >= 0.3 is 11.8 Å². The molecule has 0 aliphatic carbocycles. The SMILES string of the molecule is COc1ccc(C(N)=O)cc1NC(=O)C(=O)NCC(c1ccccc1)N1CCCC1. The van der Waals surface area contributed by atoms with E-state index in [1.54, 1.807) is 0 Å². The molecule has 158 valence electrons. The molecule has 1 aliphatic heterocycles. The van der Waals surface area contributed by atoms with Crippen molar-refractivity contribution in [1.29, 1.82) is 0 Å². The Labute approximate surface area is 175 Å². The molecule has 2 aromatic rings. The zero-order valence-electron chi connectivity index (χ0n) is 16.9. The highest BCUT2D eigenvalue weighted by Gasteiger charge is 2.25. The van der Waals surface area contributed by atoms with E-state index in [2.05, 4.69) is 15.5 Å². The Kier molecular flexibility index (Phi) is 7.03. The predicted molar refractivity (Wildman–Crippen MR) is 113 cm³/mol. The number of hydrogen-bond donors (Lipinski definition) is 3. The minimum absolute atomic E-state index is 0.00169. The number of anilines is 1. The summed E-state index contributed by atoms with van der Waals surface area (Å²) in [6.45, 7) is 2.23. The smallest absolute Gasteiger partial charge is 0.313 e. The van der Waals surface area contributed by atoms with Crippen molar-refractivity contribution in [3.05, 3.63) is 59.7 Å². The number of nitrogens with one attached hydrogen (secondary N) is 2. The molecule has 3 amide bonds. The Hall–Kier alpha value is -3.39. The molecule has 8 nitrogen and oxygen atoms in total. The molecule has 0 bridgehead atoms. The van der Waals surface area contributed by atoms with Crippen LogP contribution in [0.25, 0.3) is 0 Å². The van der Waals surface area contributed by atoms with Gasteiger partial charge in [-0.1, -0.05) is 30.3 Å². The van der Waals surface area contributed by atoms with E-state index in [-0.39, 0.29) is 17.3 Å². The van der Waals surface area contributed by atoms with Crippen LogP contribution in [0.15, 0.2) is 48.5 Å². The molecular formula is C22H26N4O4. The summed E-state index contributed by atoms with van der Waals surface area (Å²) in [5.41, 5.74) is 6.78. The maximum Gasteiger partial charge on any atom is 0.313 e. The monoisotopic (exact) mass is 410 g/mol. The van der Waals surface area contributed by atoms with Crippen molar-refractivity contribution >= 4 is 23.4 Å². The number of likely N-dealkylation sites (tertiary alicyclic amines) is 1. The van der Waals surface area contributed by atoms with Crippen molar-refractivity contribution in [3.8, 4) is 5.75 Å². The van der Waals surface area contributed by atoms with Gasteiger partial charge in [0.2, 0.25) is 5.91 Å². The Bertz CT molecular complexity index is 911. The fourth-order valence-electron chi connectivity index (χ4n) is 3.59. The van der Waals surface area contributed by atoms with E-state index in [4.69, 9.17) is 10.5 Å². The Morgan fingerprint density at radius 3 is 2.40 bits per heavy atom. The lowest BCUT2D eigenvalue weighted by Crippen LogP contribution is -2.41. The summed E-state index contributed by atoms with van der Waals surface area (Å²) in [5, 5.41) is 5.22. The van der Waals surface area contributed by atoms with Gasteiger partial charge in [0.05, 0.1) is 18.8 Å². The number of primary amides is 1. The summed E-state index contributed by atoms with van der Waals surface area (Å²) >= 11 is 0. The summed E-state index contributed by atoms with van der Waals surface area (Å²) in [7, 11) is 1.43. The van der Waals surface area contributed by atoms with E-state index < -0.39 is 17.7 Å². The van der Waals surface area contributed by atoms with Crippen LogP contribution in [0.2, 0.25) is 0 Å². The normalized spacial score (nSPS) is 14.7. The second-order valence-electron chi connectivity index (χ2n) is 7.11. The molecule has 8 heteroatoms. The van der Waals surface area contributed by atoms with E-state index in [0.717, 1.165) is 31.5 Å². The lowest BCUT2D eigenvalue weighted by molar-refractivity contribution is -0.136. The number of ether oxygens (including phenoxy) is 1. The summed E-state index contributed by atoms with van der Waals surface area (Å²) in [5.74, 6) is -1.93. The third kappa shape index (κ3) is 5.15. The molecule has 1 atom stereocenters. The first-order chi connectivity index (χ1) is 14.5. The standard InChI is InChI=1S/C22H26N4O4/c1-30-19-10-9-16(20(23)27)13-17(19)25-22(29)21(28)24-14-18(26-11-5-6-12-26)15-7-3-2-4-8-15/h2-4,7-10,13,18H,5-6,11-12,14H2,1H3,(H2,23,27)(H,24,28)(H,25,29). The maximum absolute atomic E-state index is 12.4. The number of rotatable bonds is 7. The van der Waals surface area contributed by atoms with Gasteiger partial charge in [-0.2, -0.15) is 0 Å². The first-order valence-electron chi connectivity index (χ1n) is 9.85. The third-order valence-electron chi connectivity index (χ3n) is 5.16. The zero-order valence-corrected chi connectivity index (χ0v) is 16.9. The fourth-order valence-corrected chi connectivity index (χ4v) is 3.59. The number of nitrogens with zero attached hydrogens (tertiary/aromatic N) is 1. The first-order valence-corrected chi connectivity index (χ1v) is 9.85. The molecule has 0 aromatic heterocycles. The molecule has 1 unspecified atom stereocenters. The van der Waals surface area contributed by atoms with Gasteiger partial charge in [0.15, 0.2) is 0 Å². The molecule has 0 spiro atoms. The molecule has 0 radical (unpaired) electrons. The van der Waals surface area contributed by atoms with Gasteiger partial charge in [-0.3, -0.25) is 19.3 Å². The van der Waals surface area contributed by atoms with Gasteiger partial charge in [0.25, 0.3) is 0 Å². The fraction of sp³-hybridized carbons (Fsp3) is 0.318. The Balaban J connectivity index is 1.67. The summed E-state index contributed by atoms with van der Waals surface area (Å²) < 4.78 is 5.18. The number of hydrogen-bond acceptors (Lipinski definition) is 5. The van der Waals surface area contributed by atoms with Crippen LogP contribution in [-0.2, 0) is 9.59 Å². The summed E-state index contributed by atoms with van der Waals surface area (Å²) in [6, 6.07) is 14.3. The number of carbonyl (C=O) groups excluding carboxylic acids is 3. The molecule has 4 N–H and O–H groups in total. The molecule has 1 aliphatic rings. The largest absolute Gasteiger partial charge is 0.495 e. The molecule has 0 saturated carbocycles. The molecular weight excluding hydrogens is 384 g/mol. The van der Waals surface area contributed by atoms with Gasteiger partial charge in [0, 0.05) is 12.1 Å². The number of amides is 3. The molecule has 30 heavy (non-hydrogen) atoms. The van der Waals surface area contributed by atoms with Crippen molar-refractivity contribution in [2.75, 3.05) is 32.1 Å². The van der Waals surface area contributed by atoms with Crippen LogP contribution < -0.4 is 21.1 Å². The van der Waals surface area contributed by atoms with Gasteiger partial charge < -0.3 is 21.1 Å². The quantitative estimate of drug-likeness (QED) is 0.601. The second kappa shape index (κ2) is 9.89. The second-order valence-corrected chi connectivity index (χ2v) is 7.11. The van der Waals surface area contributed by atoms with Crippen LogP contribution in [0.4, 0.5) is 5.69 Å². The molecule has 1 heterocycles. The van der Waals surface area contributed by atoms with Crippen LogP contribution in [0.3, 0.4) is 0 Å². The Morgan fingerprint density at radius 1 is 1.07 bits per heavy atom. The zero-order chi connectivity index (χ0) is 21.5. The minimum atomic E-state index is -0.844. The molecule has 3 rings (SSSR count). The topological polar surface area (TPSA) is 114 Å². The van der Waals surface area contributed by atoms with Gasteiger partial charge in [-0.15, -0.1) is 0 Å². The van der Waals surface area contributed by atoms with Crippen molar-refractivity contribution in [3.63, 3.8) is 0 Å². The lowest BCUT2D eigenvalue weighted by Gasteiger charge is -2.28. The third-order valence-corrected chi connectivity index (χ3v) is 5.16. The lowest BCUT2D eigenvalue weighted by atomic mass is 10.1. The first kappa shape index (κ1) is 21.3. The van der Waals surface area contributed by atoms with E-state index in [1.165, 1.54) is 25.3 Å². The maximum atomic E-state index is 12.4. The van der Waals surface area contributed by atoms with Gasteiger partial charge in [0.1, 0.15) is 5.75 Å². The van der Waals surface area contributed by atoms with Crippen molar-refractivity contribution in [2.24, 2.45) is 5.73 Å². The molecule has 2 aromatic carbocycles. The van der Waals surface area contributed by atoms with Crippen LogP contribution in [-0.4, -0.2) is 49.4 Å². The predicted octanol–water partition coefficient (Wildman–Crippen LogP) is 1.69. The number of benzene rings is 2. The van der Waals surface area contributed by atoms with Crippen LogP contribution in [0.1, 0.15) is 34.8 Å². The van der Waals surface area contributed by atoms with Gasteiger partial charge in [-0.25, -0.2) is 0 Å². The summed E-state index contributed by atoms with van der Waals surface area (Å²) in [6.07, 6.45) is 2.24. The Morgan fingerprint density at radius 2 is 1.77 bits per heavy atom. The summed E-state index contributed by atoms with van der Waals surface area (Å²) in [4.78, 5) is 38.6. The molecule has 1 saturated heterocycles. The average Bonchev–Trinajstić information content (AvgIpc) is 3.29.